The lowest BCUT2D eigenvalue weighted by Gasteiger charge is -2.10. The second kappa shape index (κ2) is 7.98. The van der Waals surface area contributed by atoms with Gasteiger partial charge < -0.3 is 14.8 Å². The highest BCUT2D eigenvalue weighted by Crippen LogP contribution is 2.18. The van der Waals surface area contributed by atoms with Crippen molar-refractivity contribution >= 4 is 17.6 Å². The fourth-order valence-electron chi connectivity index (χ4n) is 1.91. The topological polar surface area (TPSA) is 64.6 Å². The van der Waals surface area contributed by atoms with E-state index in [4.69, 9.17) is 9.47 Å². The predicted molar refractivity (Wildman–Crippen MR) is 87.4 cm³/mol. The van der Waals surface area contributed by atoms with Crippen LogP contribution in [-0.2, 0) is 14.3 Å². The van der Waals surface area contributed by atoms with Crippen molar-refractivity contribution in [3.05, 3.63) is 59.7 Å². The normalized spacial score (nSPS) is 10.0. The second-order valence-electron chi connectivity index (χ2n) is 5.13. The highest BCUT2D eigenvalue weighted by molar-refractivity contribution is 5.92. The van der Waals surface area contributed by atoms with Gasteiger partial charge in [0.1, 0.15) is 5.75 Å². The van der Waals surface area contributed by atoms with E-state index in [1.54, 1.807) is 24.3 Å². The Morgan fingerprint density at radius 2 is 1.74 bits per heavy atom. The summed E-state index contributed by atoms with van der Waals surface area (Å²) in [5, 5.41) is 2.63. The van der Waals surface area contributed by atoms with Crippen molar-refractivity contribution in [3.8, 4) is 5.75 Å². The summed E-state index contributed by atoms with van der Waals surface area (Å²) in [4.78, 5) is 23.3. The van der Waals surface area contributed by atoms with Gasteiger partial charge in [0.25, 0.3) is 5.91 Å². The number of anilines is 1. The number of hydrogen-bond donors (Lipinski definition) is 1. The fraction of sp³-hybridized carbons (Fsp3) is 0.222. The molecule has 120 valence electrons. The molecule has 0 saturated heterocycles. The van der Waals surface area contributed by atoms with E-state index in [0.29, 0.717) is 11.4 Å². The Bertz CT molecular complexity index is 683. The molecule has 0 heterocycles. The minimum atomic E-state index is -0.589. The van der Waals surface area contributed by atoms with Crippen LogP contribution < -0.4 is 10.1 Å². The first kappa shape index (κ1) is 16.5. The van der Waals surface area contributed by atoms with E-state index in [1.807, 2.05) is 38.1 Å². The molecule has 0 unspecified atom stereocenters. The van der Waals surface area contributed by atoms with Crippen LogP contribution in [-0.4, -0.2) is 25.1 Å². The van der Waals surface area contributed by atoms with Crippen molar-refractivity contribution in [1.82, 2.24) is 0 Å². The number of amides is 1. The van der Waals surface area contributed by atoms with Crippen LogP contribution in [0, 0.1) is 13.8 Å². The lowest BCUT2D eigenvalue weighted by atomic mass is 10.1. The van der Waals surface area contributed by atoms with Crippen LogP contribution in [0.4, 0.5) is 5.69 Å². The molecule has 1 amide bonds. The molecule has 0 aromatic heterocycles. The average molecular weight is 313 g/mol. The van der Waals surface area contributed by atoms with Crippen LogP contribution >= 0.6 is 0 Å². The molecule has 1 N–H and O–H groups in total. The van der Waals surface area contributed by atoms with Crippen LogP contribution in [0.3, 0.4) is 0 Å². The number of esters is 1. The minimum absolute atomic E-state index is 0.233. The van der Waals surface area contributed by atoms with Crippen LogP contribution in [0.25, 0.3) is 0 Å². The summed E-state index contributed by atoms with van der Waals surface area (Å²) >= 11 is 0. The van der Waals surface area contributed by atoms with Crippen LogP contribution in [0.5, 0.6) is 5.75 Å². The monoisotopic (exact) mass is 313 g/mol. The molecule has 0 aliphatic rings. The van der Waals surface area contributed by atoms with E-state index < -0.39 is 11.9 Å². The van der Waals surface area contributed by atoms with Crippen molar-refractivity contribution in [1.29, 1.82) is 0 Å². The molecular formula is C18H19NO4. The van der Waals surface area contributed by atoms with Gasteiger partial charge in [0.15, 0.2) is 13.2 Å². The first-order chi connectivity index (χ1) is 11.0. The Kier molecular flexibility index (Phi) is 5.74. The van der Waals surface area contributed by atoms with Gasteiger partial charge in [-0.1, -0.05) is 30.3 Å². The zero-order valence-electron chi connectivity index (χ0n) is 13.2. The van der Waals surface area contributed by atoms with Crippen molar-refractivity contribution in [2.75, 3.05) is 18.5 Å². The van der Waals surface area contributed by atoms with Crippen LogP contribution in [0.15, 0.2) is 48.5 Å². The molecule has 0 bridgehead atoms. The highest BCUT2D eigenvalue weighted by atomic mass is 16.6. The highest BCUT2D eigenvalue weighted by Gasteiger charge is 2.09. The molecule has 0 radical (unpaired) electrons. The molecule has 0 spiro atoms. The summed E-state index contributed by atoms with van der Waals surface area (Å²) in [6.07, 6.45) is 0. The third-order valence-corrected chi connectivity index (χ3v) is 3.11. The van der Waals surface area contributed by atoms with Crippen molar-refractivity contribution < 1.29 is 19.1 Å². The molecule has 5 heteroatoms. The maximum absolute atomic E-state index is 11.7. The van der Waals surface area contributed by atoms with Crippen molar-refractivity contribution in [2.24, 2.45) is 0 Å². The lowest BCUT2D eigenvalue weighted by molar-refractivity contribution is -0.149. The Balaban J connectivity index is 1.74. The third kappa shape index (κ3) is 5.47. The zero-order valence-corrected chi connectivity index (χ0v) is 13.2. The summed E-state index contributed by atoms with van der Waals surface area (Å²) in [5.74, 6) is -0.346. The fourth-order valence-corrected chi connectivity index (χ4v) is 1.91. The quantitative estimate of drug-likeness (QED) is 0.833. The van der Waals surface area contributed by atoms with Gasteiger partial charge in [-0.25, -0.2) is 4.79 Å². The number of aryl methyl sites for hydroxylation is 2. The minimum Gasteiger partial charge on any atom is -0.482 e. The first-order valence-corrected chi connectivity index (χ1v) is 7.25. The van der Waals surface area contributed by atoms with Crippen LogP contribution in [0.1, 0.15) is 11.1 Å². The summed E-state index contributed by atoms with van der Waals surface area (Å²) < 4.78 is 10.3. The molecule has 0 atom stereocenters. The molecule has 0 aliphatic carbocycles. The Hall–Kier alpha value is -2.82. The molecule has 0 fully saturated rings. The third-order valence-electron chi connectivity index (χ3n) is 3.11. The summed E-state index contributed by atoms with van der Waals surface area (Å²) in [5.41, 5.74) is 2.63. The largest absolute Gasteiger partial charge is 0.482 e. The number of ether oxygens (including phenoxy) is 2. The van der Waals surface area contributed by atoms with E-state index in [0.717, 1.165) is 11.1 Å². The number of nitrogens with one attached hydrogen (secondary N) is 1. The second-order valence-corrected chi connectivity index (χ2v) is 5.13. The number of carbonyl (C=O) groups is 2. The summed E-state index contributed by atoms with van der Waals surface area (Å²) in [6.45, 7) is 3.26. The number of carbonyl (C=O) groups excluding carboxylic acids is 2. The SMILES string of the molecule is Cc1ccc(C)c(OCC(=O)OCC(=O)Nc2ccccc2)c1. The van der Waals surface area contributed by atoms with Gasteiger partial charge in [-0.3, -0.25) is 4.79 Å². The van der Waals surface area contributed by atoms with Gasteiger partial charge >= 0.3 is 5.97 Å². The summed E-state index contributed by atoms with van der Waals surface area (Å²) in [6, 6.07) is 14.7. The Morgan fingerprint density at radius 3 is 2.48 bits per heavy atom. The molecule has 23 heavy (non-hydrogen) atoms. The van der Waals surface area contributed by atoms with Gasteiger partial charge in [0, 0.05) is 5.69 Å². The van der Waals surface area contributed by atoms with E-state index in [-0.39, 0.29) is 13.2 Å². The van der Waals surface area contributed by atoms with E-state index in [1.165, 1.54) is 0 Å². The molecule has 5 nitrogen and oxygen atoms in total. The molecule has 0 saturated carbocycles. The first-order valence-electron chi connectivity index (χ1n) is 7.25. The molecule has 2 aromatic carbocycles. The maximum atomic E-state index is 11.7. The predicted octanol–water partition coefficient (Wildman–Crippen LogP) is 2.86. The Morgan fingerprint density at radius 1 is 1.00 bits per heavy atom. The average Bonchev–Trinajstić information content (AvgIpc) is 2.54. The molecule has 2 aromatic rings. The number of para-hydroxylation sites is 1. The molecular weight excluding hydrogens is 294 g/mol. The number of rotatable bonds is 6. The van der Waals surface area contributed by atoms with Gasteiger partial charge in [-0.15, -0.1) is 0 Å². The Labute approximate surface area is 135 Å². The summed E-state index contributed by atoms with van der Waals surface area (Å²) in [7, 11) is 0. The van der Waals surface area contributed by atoms with Crippen molar-refractivity contribution in [2.45, 2.75) is 13.8 Å². The maximum Gasteiger partial charge on any atom is 0.344 e. The van der Waals surface area contributed by atoms with E-state index in [2.05, 4.69) is 5.32 Å². The number of benzene rings is 2. The van der Waals surface area contributed by atoms with Gasteiger partial charge in [0.2, 0.25) is 0 Å². The van der Waals surface area contributed by atoms with Gasteiger partial charge in [0.05, 0.1) is 0 Å². The zero-order chi connectivity index (χ0) is 16.7. The van der Waals surface area contributed by atoms with Crippen LogP contribution in [0.2, 0.25) is 0 Å². The number of hydrogen-bond acceptors (Lipinski definition) is 4. The van der Waals surface area contributed by atoms with Gasteiger partial charge in [-0.2, -0.15) is 0 Å². The van der Waals surface area contributed by atoms with E-state index in [9.17, 15) is 9.59 Å². The van der Waals surface area contributed by atoms with E-state index >= 15 is 0 Å². The lowest BCUT2D eigenvalue weighted by Crippen LogP contribution is -2.23. The van der Waals surface area contributed by atoms with Crippen molar-refractivity contribution in [3.63, 3.8) is 0 Å². The van der Waals surface area contributed by atoms with Gasteiger partial charge in [-0.05, 0) is 43.2 Å². The standard InChI is InChI=1S/C18H19NO4/c1-13-8-9-14(2)16(10-13)22-12-18(21)23-11-17(20)19-15-6-4-3-5-7-15/h3-10H,11-12H2,1-2H3,(H,19,20). The molecule has 2 rings (SSSR count). The smallest absolute Gasteiger partial charge is 0.344 e. The molecule has 0 aliphatic heterocycles.